The second-order valence-corrected chi connectivity index (χ2v) is 6.54. The van der Waals surface area contributed by atoms with Gasteiger partial charge in [-0.05, 0) is 35.9 Å². The Bertz CT molecular complexity index is 1010. The lowest BCUT2D eigenvalue weighted by Crippen LogP contribution is -2.20. The lowest BCUT2D eigenvalue weighted by atomic mass is 10.2. The van der Waals surface area contributed by atoms with Gasteiger partial charge in [-0.3, -0.25) is 4.79 Å². The summed E-state index contributed by atoms with van der Waals surface area (Å²) in [6.45, 7) is -0.140. The highest BCUT2D eigenvalue weighted by molar-refractivity contribution is 6.33. The lowest BCUT2D eigenvalue weighted by Gasteiger charge is -2.12. The van der Waals surface area contributed by atoms with E-state index in [1.807, 2.05) is 30.3 Å². The normalized spacial score (nSPS) is 10.2. The Morgan fingerprint density at radius 1 is 0.966 bits per heavy atom. The SMILES string of the molecule is Nc1ccc(C(=O)OCc2ccccc2)cc1OCC(=O)Nc1ccccc1Cl. The van der Waals surface area contributed by atoms with Crippen molar-refractivity contribution in [3.8, 4) is 5.75 Å². The third-order valence-electron chi connectivity index (χ3n) is 3.97. The highest BCUT2D eigenvalue weighted by Crippen LogP contribution is 2.24. The molecule has 0 saturated heterocycles. The van der Waals surface area contributed by atoms with Crippen LogP contribution < -0.4 is 15.8 Å². The molecule has 0 aliphatic rings. The van der Waals surface area contributed by atoms with Crippen LogP contribution in [0.25, 0.3) is 0 Å². The van der Waals surface area contributed by atoms with Crippen LogP contribution in [-0.4, -0.2) is 18.5 Å². The molecule has 3 aromatic rings. The fraction of sp³-hybridized carbons (Fsp3) is 0.0909. The van der Waals surface area contributed by atoms with Gasteiger partial charge in [-0.15, -0.1) is 0 Å². The standard InChI is InChI=1S/C22H19ClN2O4/c23-17-8-4-5-9-19(17)25-21(26)14-28-20-12-16(10-11-18(20)24)22(27)29-13-15-6-2-1-3-7-15/h1-12H,13-14,24H2,(H,25,26). The van der Waals surface area contributed by atoms with Gasteiger partial charge in [0, 0.05) is 0 Å². The van der Waals surface area contributed by atoms with E-state index in [4.69, 9.17) is 26.8 Å². The first-order valence-electron chi connectivity index (χ1n) is 8.80. The number of hydrogen-bond acceptors (Lipinski definition) is 5. The van der Waals surface area contributed by atoms with E-state index in [-0.39, 0.29) is 24.5 Å². The molecule has 0 fully saturated rings. The van der Waals surface area contributed by atoms with Gasteiger partial charge >= 0.3 is 5.97 Å². The first-order chi connectivity index (χ1) is 14.0. The number of nitrogen functional groups attached to an aromatic ring is 1. The van der Waals surface area contributed by atoms with Crippen LogP contribution in [0.3, 0.4) is 0 Å². The van der Waals surface area contributed by atoms with Crippen molar-refractivity contribution in [1.82, 2.24) is 0 Å². The number of amides is 1. The average Bonchev–Trinajstić information content (AvgIpc) is 2.74. The van der Waals surface area contributed by atoms with Crippen LogP contribution in [0.2, 0.25) is 5.02 Å². The van der Waals surface area contributed by atoms with E-state index in [1.54, 1.807) is 30.3 Å². The largest absolute Gasteiger partial charge is 0.482 e. The number of hydrogen-bond donors (Lipinski definition) is 2. The minimum Gasteiger partial charge on any atom is -0.482 e. The highest BCUT2D eigenvalue weighted by Gasteiger charge is 2.13. The molecule has 3 aromatic carbocycles. The van der Waals surface area contributed by atoms with E-state index in [0.29, 0.717) is 16.4 Å². The number of halogens is 1. The van der Waals surface area contributed by atoms with Gasteiger partial charge in [0.15, 0.2) is 6.61 Å². The fourth-order valence-corrected chi connectivity index (χ4v) is 2.67. The molecule has 7 heteroatoms. The molecular weight excluding hydrogens is 392 g/mol. The van der Waals surface area contributed by atoms with Crippen molar-refractivity contribution in [3.05, 3.63) is 88.9 Å². The average molecular weight is 411 g/mol. The fourth-order valence-electron chi connectivity index (χ4n) is 2.48. The molecule has 0 aliphatic carbocycles. The monoisotopic (exact) mass is 410 g/mol. The van der Waals surface area contributed by atoms with E-state index in [1.165, 1.54) is 12.1 Å². The second-order valence-electron chi connectivity index (χ2n) is 6.13. The maximum atomic E-state index is 12.3. The molecule has 6 nitrogen and oxygen atoms in total. The van der Waals surface area contributed by atoms with Crippen molar-refractivity contribution in [1.29, 1.82) is 0 Å². The van der Waals surface area contributed by atoms with Crippen LogP contribution in [0.1, 0.15) is 15.9 Å². The molecular formula is C22H19ClN2O4. The Morgan fingerprint density at radius 3 is 2.45 bits per heavy atom. The Labute approximate surface area is 173 Å². The third kappa shape index (κ3) is 5.73. The molecule has 29 heavy (non-hydrogen) atoms. The zero-order valence-electron chi connectivity index (χ0n) is 15.4. The van der Waals surface area contributed by atoms with Crippen molar-refractivity contribution in [2.75, 3.05) is 17.7 Å². The quantitative estimate of drug-likeness (QED) is 0.447. The van der Waals surface area contributed by atoms with Crippen molar-refractivity contribution in [2.45, 2.75) is 6.61 Å². The van der Waals surface area contributed by atoms with E-state index >= 15 is 0 Å². The molecule has 0 bridgehead atoms. The number of esters is 1. The molecule has 148 valence electrons. The Morgan fingerprint density at radius 2 is 1.69 bits per heavy atom. The first kappa shape index (κ1) is 20.2. The topological polar surface area (TPSA) is 90.7 Å². The molecule has 0 atom stereocenters. The van der Waals surface area contributed by atoms with E-state index in [2.05, 4.69) is 5.32 Å². The summed E-state index contributed by atoms with van der Waals surface area (Å²) in [6.07, 6.45) is 0. The number of benzene rings is 3. The molecule has 0 saturated carbocycles. The minimum absolute atomic E-state index is 0.153. The summed E-state index contributed by atoms with van der Waals surface area (Å²) in [7, 11) is 0. The van der Waals surface area contributed by atoms with E-state index in [0.717, 1.165) is 5.56 Å². The maximum absolute atomic E-state index is 12.3. The number of carbonyl (C=O) groups excluding carboxylic acids is 2. The first-order valence-corrected chi connectivity index (χ1v) is 9.18. The van der Waals surface area contributed by atoms with Crippen molar-refractivity contribution >= 4 is 34.9 Å². The van der Waals surface area contributed by atoms with Crippen LogP contribution in [-0.2, 0) is 16.1 Å². The van der Waals surface area contributed by atoms with Gasteiger partial charge in [0.2, 0.25) is 0 Å². The van der Waals surface area contributed by atoms with Crippen molar-refractivity contribution in [3.63, 3.8) is 0 Å². The summed E-state index contributed by atoms with van der Waals surface area (Å²) in [5.41, 5.74) is 7.82. The summed E-state index contributed by atoms with van der Waals surface area (Å²) in [5, 5.41) is 3.07. The van der Waals surface area contributed by atoms with Crippen molar-refractivity contribution in [2.24, 2.45) is 0 Å². The molecule has 3 N–H and O–H groups in total. The number of nitrogens with one attached hydrogen (secondary N) is 1. The van der Waals surface area contributed by atoms with Gasteiger partial charge < -0.3 is 20.5 Å². The minimum atomic E-state index is -0.515. The maximum Gasteiger partial charge on any atom is 0.338 e. The van der Waals surface area contributed by atoms with E-state index in [9.17, 15) is 9.59 Å². The molecule has 0 radical (unpaired) electrons. The number of nitrogens with two attached hydrogens (primary N) is 1. The second kappa shape index (κ2) is 9.61. The Hall–Kier alpha value is -3.51. The molecule has 0 spiro atoms. The number of para-hydroxylation sites is 1. The van der Waals surface area contributed by atoms with Crippen molar-refractivity contribution < 1.29 is 19.1 Å². The summed E-state index contributed by atoms with van der Waals surface area (Å²) >= 11 is 6.01. The van der Waals surface area contributed by atoms with Crippen LogP contribution in [0.4, 0.5) is 11.4 Å². The summed E-state index contributed by atoms with van der Waals surface area (Å²) in [5.74, 6) is -0.706. The Balaban J connectivity index is 1.59. The summed E-state index contributed by atoms with van der Waals surface area (Å²) < 4.78 is 10.8. The number of rotatable bonds is 7. The molecule has 0 heterocycles. The highest BCUT2D eigenvalue weighted by atomic mass is 35.5. The van der Waals surface area contributed by atoms with E-state index < -0.39 is 11.9 Å². The Kier molecular flexibility index (Phi) is 6.71. The zero-order valence-corrected chi connectivity index (χ0v) is 16.2. The van der Waals surface area contributed by atoms with Crippen LogP contribution >= 0.6 is 11.6 Å². The van der Waals surface area contributed by atoms with Gasteiger partial charge in [-0.25, -0.2) is 4.79 Å². The molecule has 0 unspecified atom stereocenters. The van der Waals surface area contributed by atoms with Gasteiger partial charge in [0.05, 0.1) is 22.0 Å². The van der Waals surface area contributed by atoms with Gasteiger partial charge in [0.25, 0.3) is 5.91 Å². The predicted molar refractivity (Wildman–Crippen MR) is 112 cm³/mol. The third-order valence-corrected chi connectivity index (χ3v) is 4.30. The molecule has 3 rings (SSSR count). The van der Waals surface area contributed by atoms with Crippen LogP contribution in [0.15, 0.2) is 72.8 Å². The summed E-state index contributed by atoms with van der Waals surface area (Å²) in [4.78, 5) is 24.4. The lowest BCUT2D eigenvalue weighted by molar-refractivity contribution is -0.118. The molecule has 0 aromatic heterocycles. The van der Waals surface area contributed by atoms with Crippen LogP contribution in [0.5, 0.6) is 5.75 Å². The van der Waals surface area contributed by atoms with Gasteiger partial charge in [-0.1, -0.05) is 54.1 Å². The smallest absolute Gasteiger partial charge is 0.338 e. The van der Waals surface area contributed by atoms with Gasteiger partial charge in [-0.2, -0.15) is 0 Å². The predicted octanol–water partition coefficient (Wildman–Crippen LogP) is 4.30. The summed E-state index contributed by atoms with van der Waals surface area (Å²) in [6, 6.07) is 20.7. The molecule has 0 aliphatic heterocycles. The zero-order chi connectivity index (χ0) is 20.6. The number of ether oxygens (including phenoxy) is 2. The van der Waals surface area contributed by atoms with Crippen LogP contribution in [0, 0.1) is 0 Å². The van der Waals surface area contributed by atoms with Gasteiger partial charge in [0.1, 0.15) is 12.4 Å². The number of carbonyl (C=O) groups is 2. The molecule has 1 amide bonds. The number of anilines is 2.